The number of carbonyl (C=O) groups is 2. The molecule has 1 fully saturated rings. The fourth-order valence-electron chi connectivity index (χ4n) is 4.66. The van der Waals surface area contributed by atoms with E-state index >= 15 is 0 Å². The summed E-state index contributed by atoms with van der Waals surface area (Å²) in [5.41, 5.74) is 2.12. The molecule has 2 aromatic carbocycles. The van der Waals surface area contributed by atoms with E-state index in [1.807, 2.05) is 59.5 Å². The lowest BCUT2D eigenvalue weighted by Gasteiger charge is -2.37. The summed E-state index contributed by atoms with van der Waals surface area (Å²) in [7, 11) is 1.63. The van der Waals surface area contributed by atoms with Gasteiger partial charge in [-0.1, -0.05) is 36.4 Å². The van der Waals surface area contributed by atoms with Crippen LogP contribution in [0.2, 0.25) is 0 Å². The summed E-state index contributed by atoms with van der Waals surface area (Å²) in [6.45, 7) is 1.10. The fourth-order valence-corrected chi connectivity index (χ4v) is 5.58. The molecule has 1 aliphatic carbocycles. The SMILES string of the molecule is COc1cccc(OC[C@@H]2c3ccsc3CCN2C(=O)CN(C(=O)Cc2ccccc2)C2CC2)c1. The molecule has 1 aromatic heterocycles. The zero-order valence-corrected chi connectivity index (χ0v) is 20.7. The molecule has 0 N–H and O–H groups in total. The van der Waals surface area contributed by atoms with Gasteiger partial charge in [0.15, 0.2) is 0 Å². The molecule has 0 saturated heterocycles. The number of nitrogens with zero attached hydrogens (tertiary/aromatic N) is 2. The van der Waals surface area contributed by atoms with E-state index in [1.54, 1.807) is 23.3 Å². The first-order valence-electron chi connectivity index (χ1n) is 12.1. The molecule has 0 spiro atoms. The Bertz CT molecular complexity index is 1170. The number of amides is 2. The largest absolute Gasteiger partial charge is 0.497 e. The van der Waals surface area contributed by atoms with Crippen LogP contribution in [-0.2, 0) is 22.4 Å². The van der Waals surface area contributed by atoms with Crippen molar-refractivity contribution >= 4 is 23.2 Å². The van der Waals surface area contributed by atoms with Crippen molar-refractivity contribution in [3.8, 4) is 11.5 Å². The van der Waals surface area contributed by atoms with E-state index in [1.165, 1.54) is 4.88 Å². The van der Waals surface area contributed by atoms with Crippen molar-refractivity contribution in [2.45, 2.75) is 37.8 Å². The minimum Gasteiger partial charge on any atom is -0.497 e. The molecule has 0 unspecified atom stereocenters. The fraction of sp³-hybridized carbons (Fsp3) is 0.357. The van der Waals surface area contributed by atoms with Crippen LogP contribution < -0.4 is 9.47 Å². The Morgan fingerprint density at radius 3 is 2.63 bits per heavy atom. The van der Waals surface area contributed by atoms with Crippen LogP contribution in [0, 0.1) is 0 Å². The van der Waals surface area contributed by atoms with Gasteiger partial charge in [-0.25, -0.2) is 0 Å². The summed E-state index contributed by atoms with van der Waals surface area (Å²) in [5.74, 6) is 1.43. The van der Waals surface area contributed by atoms with Crippen molar-refractivity contribution < 1.29 is 19.1 Å². The molecule has 3 aromatic rings. The second kappa shape index (κ2) is 10.5. The van der Waals surface area contributed by atoms with Gasteiger partial charge in [-0.05, 0) is 54.0 Å². The van der Waals surface area contributed by atoms with Crippen molar-refractivity contribution in [2.75, 3.05) is 26.8 Å². The third-order valence-electron chi connectivity index (χ3n) is 6.68. The van der Waals surface area contributed by atoms with Gasteiger partial charge in [-0.2, -0.15) is 0 Å². The number of benzene rings is 2. The maximum atomic E-state index is 13.6. The zero-order chi connectivity index (χ0) is 24.2. The highest BCUT2D eigenvalue weighted by molar-refractivity contribution is 7.10. The molecule has 2 heterocycles. The van der Waals surface area contributed by atoms with Crippen LogP contribution in [-0.4, -0.2) is 54.5 Å². The molecular formula is C28H30N2O4S. The van der Waals surface area contributed by atoms with E-state index in [2.05, 4.69) is 11.4 Å². The molecular weight excluding hydrogens is 460 g/mol. The first-order chi connectivity index (χ1) is 17.1. The summed E-state index contributed by atoms with van der Waals surface area (Å²) in [6.07, 6.45) is 3.08. The molecule has 35 heavy (non-hydrogen) atoms. The number of hydrogen-bond donors (Lipinski definition) is 0. The highest BCUT2D eigenvalue weighted by Gasteiger charge is 2.37. The van der Waals surface area contributed by atoms with E-state index in [0.717, 1.165) is 36.1 Å². The third-order valence-corrected chi connectivity index (χ3v) is 7.67. The van der Waals surface area contributed by atoms with E-state index in [0.29, 0.717) is 25.3 Å². The second-order valence-corrected chi connectivity index (χ2v) is 10.1. The lowest BCUT2D eigenvalue weighted by molar-refractivity contribution is -0.143. The summed E-state index contributed by atoms with van der Waals surface area (Å²) < 4.78 is 11.4. The number of hydrogen-bond acceptors (Lipinski definition) is 5. The molecule has 1 saturated carbocycles. The number of ether oxygens (including phenoxy) is 2. The summed E-state index contributed by atoms with van der Waals surface area (Å²) >= 11 is 1.73. The molecule has 182 valence electrons. The number of rotatable bonds is 9. The normalized spacial score (nSPS) is 16.9. The van der Waals surface area contributed by atoms with Crippen molar-refractivity contribution in [3.05, 3.63) is 82.0 Å². The van der Waals surface area contributed by atoms with Gasteiger partial charge >= 0.3 is 0 Å². The Balaban J connectivity index is 1.30. The van der Waals surface area contributed by atoms with Crippen LogP contribution in [0.3, 0.4) is 0 Å². The molecule has 5 rings (SSSR count). The van der Waals surface area contributed by atoms with Crippen LogP contribution in [0.5, 0.6) is 11.5 Å². The third kappa shape index (κ3) is 5.51. The molecule has 2 amide bonds. The van der Waals surface area contributed by atoms with Gasteiger partial charge in [0, 0.05) is 23.5 Å². The van der Waals surface area contributed by atoms with Gasteiger partial charge in [0.05, 0.1) is 19.6 Å². The maximum absolute atomic E-state index is 13.6. The summed E-state index contributed by atoms with van der Waals surface area (Å²) in [5, 5.41) is 2.08. The van der Waals surface area contributed by atoms with Crippen molar-refractivity contribution in [2.24, 2.45) is 0 Å². The molecule has 1 aliphatic heterocycles. The van der Waals surface area contributed by atoms with Gasteiger partial charge in [-0.3, -0.25) is 9.59 Å². The minimum absolute atomic E-state index is 0.0180. The summed E-state index contributed by atoms with van der Waals surface area (Å²) in [6, 6.07) is 19.3. The van der Waals surface area contributed by atoms with E-state index < -0.39 is 0 Å². The van der Waals surface area contributed by atoms with Gasteiger partial charge < -0.3 is 19.3 Å². The van der Waals surface area contributed by atoms with E-state index in [-0.39, 0.29) is 30.4 Å². The monoisotopic (exact) mass is 490 g/mol. The summed E-state index contributed by atoms with van der Waals surface area (Å²) in [4.78, 5) is 31.7. The van der Waals surface area contributed by atoms with E-state index in [9.17, 15) is 9.59 Å². The van der Waals surface area contributed by atoms with Crippen LogP contribution in [0.25, 0.3) is 0 Å². The second-order valence-electron chi connectivity index (χ2n) is 9.06. The van der Waals surface area contributed by atoms with Crippen LogP contribution >= 0.6 is 11.3 Å². The van der Waals surface area contributed by atoms with Crippen LogP contribution in [0.15, 0.2) is 66.0 Å². The van der Waals surface area contributed by atoms with Gasteiger partial charge in [-0.15, -0.1) is 11.3 Å². The Morgan fingerprint density at radius 1 is 1.06 bits per heavy atom. The molecule has 1 atom stereocenters. The van der Waals surface area contributed by atoms with Crippen molar-refractivity contribution in [1.82, 2.24) is 9.80 Å². The minimum atomic E-state index is -0.186. The maximum Gasteiger partial charge on any atom is 0.242 e. The predicted octanol–water partition coefficient (Wildman–Crippen LogP) is 4.50. The molecule has 0 radical (unpaired) electrons. The quantitative estimate of drug-likeness (QED) is 0.443. The number of carbonyl (C=O) groups excluding carboxylic acids is 2. The molecule has 6 nitrogen and oxygen atoms in total. The first-order valence-corrected chi connectivity index (χ1v) is 13.0. The Kier molecular flexibility index (Phi) is 7.04. The Morgan fingerprint density at radius 2 is 1.86 bits per heavy atom. The highest BCUT2D eigenvalue weighted by Crippen LogP contribution is 2.35. The molecule has 2 aliphatic rings. The predicted molar refractivity (Wildman–Crippen MR) is 136 cm³/mol. The zero-order valence-electron chi connectivity index (χ0n) is 19.9. The smallest absolute Gasteiger partial charge is 0.242 e. The van der Waals surface area contributed by atoms with Gasteiger partial charge in [0.1, 0.15) is 24.7 Å². The lowest BCUT2D eigenvalue weighted by Crippen LogP contribution is -2.48. The van der Waals surface area contributed by atoms with Crippen molar-refractivity contribution in [3.63, 3.8) is 0 Å². The molecule has 0 bridgehead atoms. The molecule has 7 heteroatoms. The topological polar surface area (TPSA) is 59.1 Å². The Labute approximate surface area is 210 Å². The van der Waals surface area contributed by atoms with Gasteiger partial charge in [0.25, 0.3) is 0 Å². The van der Waals surface area contributed by atoms with E-state index in [4.69, 9.17) is 9.47 Å². The standard InChI is InChI=1S/C28H30N2O4S/c1-33-22-8-5-9-23(17-22)34-19-25-24-13-15-35-26(24)12-14-29(25)28(32)18-30(21-10-11-21)27(31)16-20-6-3-2-4-7-20/h2-9,13,15,17,21,25H,10-12,14,16,18-19H2,1H3/t25-/m1/s1. The Hall–Kier alpha value is -3.32. The van der Waals surface area contributed by atoms with Crippen molar-refractivity contribution in [1.29, 1.82) is 0 Å². The lowest BCUT2D eigenvalue weighted by atomic mass is 10.0. The highest BCUT2D eigenvalue weighted by atomic mass is 32.1. The van der Waals surface area contributed by atoms with Crippen LogP contribution in [0.1, 0.15) is 34.9 Å². The first kappa shape index (κ1) is 23.4. The van der Waals surface area contributed by atoms with Crippen LogP contribution in [0.4, 0.5) is 0 Å². The number of thiophene rings is 1. The average Bonchev–Trinajstić information content (AvgIpc) is 3.61. The average molecular weight is 491 g/mol. The number of methoxy groups -OCH3 is 1. The number of fused-ring (bicyclic) bond motifs is 1. The van der Waals surface area contributed by atoms with Gasteiger partial charge in [0.2, 0.25) is 11.8 Å².